The number of benzene rings is 1. The number of nitrogens with zero attached hydrogens (tertiary/aromatic N) is 1. The smallest absolute Gasteiger partial charge is 0.236 e. The first-order valence-electron chi connectivity index (χ1n) is 6.39. The van der Waals surface area contributed by atoms with E-state index in [2.05, 4.69) is 10.2 Å². The number of likely N-dealkylation sites (N-methyl/N-ethyl adjacent to an activating group) is 1. The standard InChI is InChI=1S/C14H23N3O2.ClH/c1-11(15)14(18)16-10-12-4-6-13(7-5-12)19-9-8-17(2)3;/h4-7,11H,8-10,15H2,1-3H3,(H,16,18);1H. The number of nitrogens with one attached hydrogen (secondary N) is 1. The average Bonchev–Trinajstić information content (AvgIpc) is 2.37. The lowest BCUT2D eigenvalue weighted by Gasteiger charge is -2.11. The number of carbonyl (C=O) groups excluding carboxylic acids is 1. The first-order valence-corrected chi connectivity index (χ1v) is 6.39. The van der Waals surface area contributed by atoms with Gasteiger partial charge in [-0.25, -0.2) is 0 Å². The highest BCUT2D eigenvalue weighted by Crippen LogP contribution is 2.12. The monoisotopic (exact) mass is 301 g/mol. The van der Waals surface area contributed by atoms with Crippen LogP contribution in [0.3, 0.4) is 0 Å². The van der Waals surface area contributed by atoms with Crippen molar-refractivity contribution >= 4 is 18.3 Å². The molecule has 0 aromatic heterocycles. The van der Waals surface area contributed by atoms with E-state index < -0.39 is 6.04 Å². The lowest BCUT2D eigenvalue weighted by Crippen LogP contribution is -2.37. The molecule has 0 saturated carbocycles. The summed E-state index contributed by atoms with van der Waals surface area (Å²) in [4.78, 5) is 13.4. The molecule has 1 aromatic carbocycles. The van der Waals surface area contributed by atoms with Crippen LogP contribution in [-0.4, -0.2) is 44.1 Å². The second-order valence-electron chi connectivity index (χ2n) is 4.80. The summed E-state index contributed by atoms with van der Waals surface area (Å²) < 4.78 is 5.59. The molecular formula is C14H24ClN3O2. The van der Waals surface area contributed by atoms with E-state index in [0.29, 0.717) is 13.2 Å². The fraction of sp³-hybridized carbons (Fsp3) is 0.500. The maximum absolute atomic E-state index is 11.3. The Morgan fingerprint density at radius 1 is 1.35 bits per heavy atom. The third-order valence-electron chi connectivity index (χ3n) is 2.61. The molecule has 1 aromatic rings. The third-order valence-corrected chi connectivity index (χ3v) is 2.61. The van der Waals surface area contributed by atoms with Crippen molar-refractivity contribution in [2.75, 3.05) is 27.2 Å². The molecule has 0 aliphatic rings. The predicted molar refractivity (Wildman–Crippen MR) is 83.2 cm³/mol. The van der Waals surface area contributed by atoms with Gasteiger partial charge < -0.3 is 20.7 Å². The number of amides is 1. The van der Waals surface area contributed by atoms with Gasteiger partial charge in [0.05, 0.1) is 6.04 Å². The molecule has 1 amide bonds. The SMILES string of the molecule is CC(N)C(=O)NCc1ccc(OCCN(C)C)cc1.Cl. The summed E-state index contributed by atoms with van der Waals surface area (Å²) in [6, 6.07) is 7.21. The Bertz CT molecular complexity index is 394. The second-order valence-corrected chi connectivity index (χ2v) is 4.80. The van der Waals surface area contributed by atoms with Crippen molar-refractivity contribution in [2.24, 2.45) is 5.73 Å². The van der Waals surface area contributed by atoms with Crippen LogP contribution in [0.4, 0.5) is 0 Å². The van der Waals surface area contributed by atoms with E-state index in [1.807, 2.05) is 38.4 Å². The summed E-state index contributed by atoms with van der Waals surface area (Å²) in [7, 11) is 4.02. The quantitative estimate of drug-likeness (QED) is 0.789. The fourth-order valence-corrected chi connectivity index (χ4v) is 1.40. The Balaban J connectivity index is 0.00000361. The van der Waals surface area contributed by atoms with Crippen molar-refractivity contribution in [1.29, 1.82) is 0 Å². The van der Waals surface area contributed by atoms with Gasteiger partial charge in [-0.1, -0.05) is 12.1 Å². The van der Waals surface area contributed by atoms with Crippen molar-refractivity contribution in [3.05, 3.63) is 29.8 Å². The van der Waals surface area contributed by atoms with Crippen molar-refractivity contribution < 1.29 is 9.53 Å². The fourth-order valence-electron chi connectivity index (χ4n) is 1.40. The summed E-state index contributed by atoms with van der Waals surface area (Å²) in [5.74, 6) is 0.690. The number of hydrogen-bond acceptors (Lipinski definition) is 4. The van der Waals surface area contributed by atoms with Crippen LogP contribution in [0.5, 0.6) is 5.75 Å². The molecule has 3 N–H and O–H groups in total. The topological polar surface area (TPSA) is 67.6 Å². The molecule has 5 nitrogen and oxygen atoms in total. The Hall–Kier alpha value is -1.30. The van der Waals surface area contributed by atoms with Crippen LogP contribution in [0.25, 0.3) is 0 Å². The van der Waals surface area contributed by atoms with Crippen LogP contribution in [-0.2, 0) is 11.3 Å². The normalized spacial score (nSPS) is 11.7. The van der Waals surface area contributed by atoms with E-state index in [0.717, 1.165) is 17.9 Å². The number of rotatable bonds is 7. The lowest BCUT2D eigenvalue weighted by atomic mass is 10.2. The molecule has 0 heterocycles. The van der Waals surface area contributed by atoms with E-state index in [4.69, 9.17) is 10.5 Å². The third kappa shape index (κ3) is 7.33. The Labute approximate surface area is 126 Å². The van der Waals surface area contributed by atoms with Gasteiger partial charge in [0, 0.05) is 13.1 Å². The number of ether oxygens (including phenoxy) is 1. The molecule has 0 aliphatic heterocycles. The zero-order chi connectivity index (χ0) is 14.3. The van der Waals surface area contributed by atoms with Gasteiger partial charge >= 0.3 is 0 Å². The second kappa shape index (κ2) is 9.58. The summed E-state index contributed by atoms with van der Waals surface area (Å²) in [6.07, 6.45) is 0. The van der Waals surface area contributed by atoms with Crippen molar-refractivity contribution in [3.8, 4) is 5.75 Å². The zero-order valence-electron chi connectivity index (χ0n) is 12.3. The summed E-state index contributed by atoms with van der Waals surface area (Å²) in [5.41, 5.74) is 6.49. The maximum atomic E-state index is 11.3. The number of halogens is 1. The highest BCUT2D eigenvalue weighted by atomic mass is 35.5. The molecule has 1 unspecified atom stereocenters. The van der Waals surface area contributed by atoms with Crippen molar-refractivity contribution in [2.45, 2.75) is 19.5 Å². The average molecular weight is 302 g/mol. The first-order chi connectivity index (χ1) is 8.99. The van der Waals surface area contributed by atoms with E-state index in [-0.39, 0.29) is 18.3 Å². The molecule has 0 radical (unpaired) electrons. The molecule has 0 fully saturated rings. The van der Waals surface area contributed by atoms with E-state index >= 15 is 0 Å². The minimum Gasteiger partial charge on any atom is -0.492 e. The molecule has 1 atom stereocenters. The number of carbonyl (C=O) groups is 1. The van der Waals surface area contributed by atoms with Crippen LogP contribution < -0.4 is 15.8 Å². The van der Waals surface area contributed by atoms with Gasteiger partial charge in [-0.3, -0.25) is 4.79 Å². The van der Waals surface area contributed by atoms with Crippen molar-refractivity contribution in [1.82, 2.24) is 10.2 Å². The predicted octanol–water partition coefficient (Wildman–Crippen LogP) is 1.01. The van der Waals surface area contributed by atoms with Crippen LogP contribution in [0.2, 0.25) is 0 Å². The van der Waals surface area contributed by atoms with Gasteiger partial charge in [-0.2, -0.15) is 0 Å². The minimum atomic E-state index is -0.478. The highest BCUT2D eigenvalue weighted by Gasteiger charge is 2.06. The van der Waals surface area contributed by atoms with E-state index in [1.165, 1.54) is 0 Å². The molecule has 6 heteroatoms. The maximum Gasteiger partial charge on any atom is 0.236 e. The molecule has 0 aliphatic carbocycles. The molecule has 0 saturated heterocycles. The van der Waals surface area contributed by atoms with Gasteiger partial charge in [0.25, 0.3) is 0 Å². The van der Waals surface area contributed by atoms with Crippen LogP contribution in [0.15, 0.2) is 24.3 Å². The van der Waals surface area contributed by atoms with Gasteiger partial charge in [-0.05, 0) is 38.7 Å². The van der Waals surface area contributed by atoms with E-state index in [1.54, 1.807) is 6.92 Å². The summed E-state index contributed by atoms with van der Waals surface area (Å²) in [5, 5.41) is 2.76. The summed E-state index contributed by atoms with van der Waals surface area (Å²) in [6.45, 7) is 3.69. The lowest BCUT2D eigenvalue weighted by molar-refractivity contribution is -0.122. The van der Waals surface area contributed by atoms with Gasteiger partial charge in [0.15, 0.2) is 0 Å². The van der Waals surface area contributed by atoms with Gasteiger partial charge in [0.2, 0.25) is 5.91 Å². The van der Waals surface area contributed by atoms with Crippen LogP contribution in [0.1, 0.15) is 12.5 Å². The molecule has 0 bridgehead atoms. The first kappa shape index (κ1) is 18.7. The number of nitrogens with two attached hydrogens (primary N) is 1. The Kier molecular flexibility index (Phi) is 8.96. The Morgan fingerprint density at radius 2 is 1.95 bits per heavy atom. The Morgan fingerprint density at radius 3 is 2.45 bits per heavy atom. The molecule has 0 spiro atoms. The molecule has 20 heavy (non-hydrogen) atoms. The van der Waals surface area contributed by atoms with Crippen LogP contribution in [0, 0.1) is 0 Å². The highest BCUT2D eigenvalue weighted by molar-refractivity contribution is 5.85. The molecule has 114 valence electrons. The van der Waals surface area contributed by atoms with Crippen molar-refractivity contribution in [3.63, 3.8) is 0 Å². The molecular weight excluding hydrogens is 278 g/mol. The van der Waals surface area contributed by atoms with E-state index in [9.17, 15) is 4.79 Å². The molecule has 1 rings (SSSR count). The summed E-state index contributed by atoms with van der Waals surface area (Å²) >= 11 is 0. The zero-order valence-corrected chi connectivity index (χ0v) is 13.1. The minimum absolute atomic E-state index is 0. The van der Waals surface area contributed by atoms with Gasteiger partial charge in [0.1, 0.15) is 12.4 Å². The largest absolute Gasteiger partial charge is 0.492 e. The number of hydrogen-bond donors (Lipinski definition) is 2. The van der Waals surface area contributed by atoms with Crippen LogP contribution >= 0.6 is 12.4 Å². The van der Waals surface area contributed by atoms with Gasteiger partial charge in [-0.15, -0.1) is 12.4 Å².